The topological polar surface area (TPSA) is 65.4 Å². The zero-order valence-electron chi connectivity index (χ0n) is 11.8. The first-order valence-electron chi connectivity index (χ1n) is 6.80. The molecule has 0 radical (unpaired) electrons. The van der Waals surface area contributed by atoms with Gasteiger partial charge >= 0.3 is 0 Å². The number of nitrogens with one attached hydrogen (secondary N) is 1. The molecule has 1 aromatic carbocycles. The highest BCUT2D eigenvalue weighted by atomic mass is 16.5. The number of likely N-dealkylation sites (N-methyl/N-ethyl adjacent to an activating group) is 1. The molecule has 20 heavy (non-hydrogen) atoms. The predicted octanol–water partition coefficient (Wildman–Crippen LogP) is 1.21. The van der Waals surface area contributed by atoms with Crippen molar-refractivity contribution >= 4 is 11.6 Å². The maximum Gasteiger partial charge on any atom is 0.245 e. The van der Waals surface area contributed by atoms with Crippen molar-refractivity contribution in [2.75, 3.05) is 31.2 Å². The SMILES string of the molecule is CCNC(=O)C1COCCN1c1ccc(C)cc1C#N. The van der Waals surface area contributed by atoms with Crippen molar-refractivity contribution in [1.29, 1.82) is 5.26 Å². The lowest BCUT2D eigenvalue weighted by Gasteiger charge is -2.36. The lowest BCUT2D eigenvalue weighted by atomic mass is 10.1. The molecule has 106 valence electrons. The van der Waals surface area contributed by atoms with E-state index in [1.54, 1.807) is 0 Å². The molecule has 1 heterocycles. The lowest BCUT2D eigenvalue weighted by Crippen LogP contribution is -2.54. The van der Waals surface area contributed by atoms with Crippen LogP contribution in [0.2, 0.25) is 0 Å². The van der Waals surface area contributed by atoms with Gasteiger partial charge in [0.1, 0.15) is 12.1 Å². The summed E-state index contributed by atoms with van der Waals surface area (Å²) in [5.74, 6) is -0.0586. The number of benzene rings is 1. The molecule has 2 rings (SSSR count). The summed E-state index contributed by atoms with van der Waals surface area (Å²) >= 11 is 0. The van der Waals surface area contributed by atoms with Gasteiger partial charge < -0.3 is 15.0 Å². The lowest BCUT2D eigenvalue weighted by molar-refractivity contribution is -0.124. The van der Waals surface area contributed by atoms with Crippen LogP contribution in [0.1, 0.15) is 18.1 Å². The van der Waals surface area contributed by atoms with Crippen LogP contribution in [0.5, 0.6) is 0 Å². The molecule has 1 saturated heterocycles. The minimum absolute atomic E-state index is 0.0586. The number of carbonyl (C=O) groups excluding carboxylic acids is 1. The van der Waals surface area contributed by atoms with E-state index in [0.29, 0.717) is 31.9 Å². The van der Waals surface area contributed by atoms with Gasteiger partial charge in [-0.2, -0.15) is 5.26 Å². The summed E-state index contributed by atoms with van der Waals surface area (Å²) in [6, 6.07) is 7.55. The first-order valence-corrected chi connectivity index (χ1v) is 6.80. The van der Waals surface area contributed by atoms with E-state index < -0.39 is 0 Å². The van der Waals surface area contributed by atoms with Gasteiger partial charge in [-0.1, -0.05) is 6.07 Å². The Balaban J connectivity index is 2.33. The van der Waals surface area contributed by atoms with Crippen LogP contribution in [0.4, 0.5) is 5.69 Å². The molecule has 1 atom stereocenters. The van der Waals surface area contributed by atoms with Gasteiger partial charge in [0.05, 0.1) is 24.5 Å². The number of hydrogen-bond donors (Lipinski definition) is 1. The second-order valence-electron chi connectivity index (χ2n) is 4.81. The summed E-state index contributed by atoms with van der Waals surface area (Å²) in [5, 5.41) is 12.1. The molecule has 1 amide bonds. The third-order valence-corrected chi connectivity index (χ3v) is 3.36. The number of ether oxygens (including phenoxy) is 1. The summed E-state index contributed by atoms with van der Waals surface area (Å²) < 4.78 is 5.41. The minimum Gasteiger partial charge on any atom is -0.377 e. The Bertz CT molecular complexity index is 536. The van der Waals surface area contributed by atoms with Crippen LogP contribution in [-0.2, 0) is 9.53 Å². The minimum atomic E-state index is -0.376. The van der Waals surface area contributed by atoms with Crippen LogP contribution < -0.4 is 10.2 Å². The molecule has 1 aromatic rings. The molecule has 5 heteroatoms. The van der Waals surface area contributed by atoms with E-state index in [4.69, 9.17) is 4.74 Å². The summed E-state index contributed by atoms with van der Waals surface area (Å²) in [5.41, 5.74) is 2.44. The van der Waals surface area contributed by atoms with E-state index in [9.17, 15) is 10.1 Å². The monoisotopic (exact) mass is 273 g/mol. The molecule has 1 unspecified atom stereocenters. The van der Waals surface area contributed by atoms with E-state index in [2.05, 4.69) is 11.4 Å². The quantitative estimate of drug-likeness (QED) is 0.899. The van der Waals surface area contributed by atoms with Gasteiger partial charge in [0.2, 0.25) is 5.91 Å². The van der Waals surface area contributed by atoms with Crippen molar-refractivity contribution < 1.29 is 9.53 Å². The zero-order chi connectivity index (χ0) is 14.5. The van der Waals surface area contributed by atoms with Crippen molar-refractivity contribution in [2.45, 2.75) is 19.9 Å². The average molecular weight is 273 g/mol. The third kappa shape index (κ3) is 2.91. The molecular formula is C15H19N3O2. The Morgan fingerprint density at radius 1 is 1.60 bits per heavy atom. The Labute approximate surface area is 119 Å². The first kappa shape index (κ1) is 14.4. The van der Waals surface area contributed by atoms with Crippen molar-refractivity contribution in [1.82, 2.24) is 5.32 Å². The summed E-state index contributed by atoms with van der Waals surface area (Å²) in [4.78, 5) is 14.1. The van der Waals surface area contributed by atoms with Crippen molar-refractivity contribution in [3.63, 3.8) is 0 Å². The number of carbonyl (C=O) groups is 1. The van der Waals surface area contributed by atoms with Gasteiger partial charge in [0.25, 0.3) is 0 Å². The van der Waals surface area contributed by atoms with E-state index >= 15 is 0 Å². The van der Waals surface area contributed by atoms with Gasteiger partial charge in [-0.25, -0.2) is 0 Å². The number of anilines is 1. The largest absolute Gasteiger partial charge is 0.377 e. The van der Waals surface area contributed by atoms with Gasteiger partial charge in [-0.3, -0.25) is 4.79 Å². The van der Waals surface area contributed by atoms with Crippen LogP contribution in [0.15, 0.2) is 18.2 Å². The van der Waals surface area contributed by atoms with Crippen LogP contribution in [0.25, 0.3) is 0 Å². The molecule has 1 fully saturated rings. The highest BCUT2D eigenvalue weighted by molar-refractivity contribution is 5.86. The number of rotatable bonds is 3. The molecule has 5 nitrogen and oxygen atoms in total. The van der Waals surface area contributed by atoms with Gasteiger partial charge in [0.15, 0.2) is 0 Å². The maximum atomic E-state index is 12.1. The Morgan fingerprint density at radius 2 is 2.40 bits per heavy atom. The number of hydrogen-bond acceptors (Lipinski definition) is 4. The Hall–Kier alpha value is -2.06. The average Bonchev–Trinajstić information content (AvgIpc) is 2.47. The maximum absolute atomic E-state index is 12.1. The summed E-state index contributed by atoms with van der Waals surface area (Å²) in [7, 11) is 0. The fraction of sp³-hybridized carbons (Fsp3) is 0.467. The van der Waals surface area contributed by atoms with Gasteiger partial charge in [-0.05, 0) is 31.5 Å². The van der Waals surface area contributed by atoms with Gasteiger partial charge in [0, 0.05) is 13.1 Å². The molecule has 0 saturated carbocycles. The molecule has 0 bridgehead atoms. The molecular weight excluding hydrogens is 254 g/mol. The van der Waals surface area contributed by atoms with E-state index in [0.717, 1.165) is 11.3 Å². The van der Waals surface area contributed by atoms with Crippen LogP contribution in [-0.4, -0.2) is 38.3 Å². The Kier molecular flexibility index (Phi) is 4.59. The van der Waals surface area contributed by atoms with E-state index in [1.807, 2.05) is 36.9 Å². The fourth-order valence-electron chi connectivity index (χ4n) is 2.39. The standard InChI is InChI=1S/C15H19N3O2/c1-3-17-15(19)14-10-20-7-6-18(14)13-5-4-11(2)8-12(13)9-16/h4-5,8,14H,3,6-7,10H2,1-2H3,(H,17,19). The molecule has 1 aliphatic heterocycles. The number of amides is 1. The number of nitrogens with zero attached hydrogens (tertiary/aromatic N) is 2. The predicted molar refractivity (Wildman–Crippen MR) is 76.5 cm³/mol. The Morgan fingerprint density at radius 3 is 3.10 bits per heavy atom. The molecule has 1 aliphatic rings. The highest BCUT2D eigenvalue weighted by Gasteiger charge is 2.30. The number of nitriles is 1. The molecule has 0 spiro atoms. The highest BCUT2D eigenvalue weighted by Crippen LogP contribution is 2.25. The number of aryl methyl sites for hydroxylation is 1. The molecule has 0 aromatic heterocycles. The summed E-state index contributed by atoms with van der Waals surface area (Å²) in [6.45, 7) is 5.95. The van der Waals surface area contributed by atoms with Crippen LogP contribution in [0, 0.1) is 18.3 Å². The second kappa shape index (κ2) is 6.40. The van der Waals surface area contributed by atoms with Crippen molar-refractivity contribution in [3.05, 3.63) is 29.3 Å². The smallest absolute Gasteiger partial charge is 0.245 e. The fourth-order valence-corrected chi connectivity index (χ4v) is 2.39. The van der Waals surface area contributed by atoms with Crippen molar-refractivity contribution in [3.8, 4) is 6.07 Å². The van der Waals surface area contributed by atoms with Crippen molar-refractivity contribution in [2.24, 2.45) is 0 Å². The number of morpholine rings is 1. The summed E-state index contributed by atoms with van der Waals surface area (Å²) in [6.07, 6.45) is 0. The first-order chi connectivity index (χ1) is 9.67. The van der Waals surface area contributed by atoms with Crippen LogP contribution >= 0.6 is 0 Å². The normalized spacial score (nSPS) is 18.4. The van der Waals surface area contributed by atoms with Gasteiger partial charge in [-0.15, -0.1) is 0 Å². The zero-order valence-corrected chi connectivity index (χ0v) is 11.8. The third-order valence-electron chi connectivity index (χ3n) is 3.36. The van der Waals surface area contributed by atoms with Crippen LogP contribution in [0.3, 0.4) is 0 Å². The second-order valence-corrected chi connectivity index (χ2v) is 4.81. The molecule has 1 N–H and O–H groups in total. The van der Waals surface area contributed by atoms with E-state index in [-0.39, 0.29) is 11.9 Å². The van der Waals surface area contributed by atoms with E-state index in [1.165, 1.54) is 0 Å². The molecule has 0 aliphatic carbocycles.